The molecule has 1 N–H and O–H groups in total. The van der Waals surface area contributed by atoms with E-state index in [1.54, 1.807) is 0 Å². The average molecular weight is 242 g/mol. The van der Waals surface area contributed by atoms with Gasteiger partial charge in [-0.15, -0.1) is 0 Å². The molecule has 0 saturated heterocycles. The van der Waals surface area contributed by atoms with Gasteiger partial charge >= 0.3 is 66.8 Å². The summed E-state index contributed by atoms with van der Waals surface area (Å²) in [6.07, 6.45) is 3.76. The second-order valence-electron chi connectivity index (χ2n) is 2.49. The Hall–Kier alpha value is 0.750. The first-order valence-electron chi connectivity index (χ1n) is 3.64. The summed E-state index contributed by atoms with van der Waals surface area (Å²) >= 11 is 0.173. The number of rotatable bonds is 2. The van der Waals surface area contributed by atoms with Gasteiger partial charge in [-0.05, 0) is 0 Å². The minimum absolute atomic E-state index is 0.0901. The van der Waals surface area contributed by atoms with Gasteiger partial charge in [-0.25, -0.2) is 0 Å². The third-order valence-corrected chi connectivity index (χ3v) is 5.54. The van der Waals surface area contributed by atoms with Crippen LogP contribution in [-0.2, 0) is 0 Å². The number of aliphatic hydroxyl groups excluding tert-OH is 1. The summed E-state index contributed by atoms with van der Waals surface area (Å²) in [6.45, 7) is 2.24. The average Bonchev–Trinajstić information content (AvgIpc) is 2.18. The molecule has 0 aliphatic heterocycles. The van der Waals surface area contributed by atoms with E-state index in [1.807, 2.05) is 0 Å². The van der Waals surface area contributed by atoms with Crippen molar-refractivity contribution in [2.45, 2.75) is 40.7 Å². The van der Waals surface area contributed by atoms with Crippen LogP contribution in [0.4, 0.5) is 0 Å². The first-order chi connectivity index (χ1) is 4.34. The van der Waals surface area contributed by atoms with Crippen molar-refractivity contribution in [3.63, 3.8) is 0 Å². The van der Waals surface area contributed by atoms with Crippen molar-refractivity contribution in [1.82, 2.24) is 0 Å². The summed E-state index contributed by atoms with van der Waals surface area (Å²) in [6, 6.07) is 0. The maximum absolute atomic E-state index is 9.35. The zero-order chi connectivity index (χ0) is 6.69. The predicted octanol–water partition coefficient (Wildman–Crippen LogP) is 1.46. The normalized spacial score (nSPS) is 35.3. The molecule has 0 aromatic carbocycles. The fourth-order valence-electron chi connectivity index (χ4n) is 1.31. The van der Waals surface area contributed by atoms with Crippen LogP contribution in [-0.4, -0.2) is 32.1 Å². The van der Waals surface area contributed by atoms with Gasteiger partial charge in [0.05, 0.1) is 0 Å². The molecule has 0 aromatic heterocycles. The van der Waals surface area contributed by atoms with Crippen LogP contribution in [0.15, 0.2) is 0 Å². The second-order valence-corrected chi connectivity index (χ2v) is 6.82. The minimum atomic E-state index is 0.0901. The van der Waals surface area contributed by atoms with Gasteiger partial charge in [0.1, 0.15) is 0 Å². The van der Waals surface area contributed by atoms with Crippen LogP contribution in [0.5, 0.6) is 0 Å². The van der Waals surface area contributed by atoms with Gasteiger partial charge in [0, 0.05) is 0 Å². The maximum atomic E-state index is 9.35. The number of hydrogen-bond acceptors (Lipinski definition) is 1. The molecule has 0 radical (unpaired) electrons. The van der Waals surface area contributed by atoms with Gasteiger partial charge in [-0.1, -0.05) is 0 Å². The Morgan fingerprint density at radius 2 is 2.33 bits per heavy atom. The quantitative estimate of drug-likeness (QED) is 0.726. The summed E-state index contributed by atoms with van der Waals surface area (Å²) < 4.78 is 2.12. The molecule has 1 rings (SSSR count). The molecule has 0 bridgehead atoms. The van der Waals surface area contributed by atoms with E-state index in [9.17, 15) is 5.11 Å². The molecule has 0 aromatic rings. The molecular weight excluding hydrogens is 228 g/mol. The molecule has 0 heterocycles. The summed E-state index contributed by atoms with van der Waals surface area (Å²) in [5.41, 5.74) is 0. The van der Waals surface area contributed by atoms with Crippen LogP contribution in [0, 0.1) is 0 Å². The molecule has 1 fully saturated rings. The van der Waals surface area contributed by atoms with Crippen molar-refractivity contribution < 1.29 is 5.11 Å². The van der Waals surface area contributed by atoms with Gasteiger partial charge in [-0.2, -0.15) is 0 Å². The van der Waals surface area contributed by atoms with Crippen LogP contribution in [0.25, 0.3) is 0 Å². The molecule has 0 amide bonds. The van der Waals surface area contributed by atoms with Crippen LogP contribution in [0.2, 0.25) is 8.43 Å². The van der Waals surface area contributed by atoms with Crippen molar-refractivity contribution in [1.29, 1.82) is 0 Å². The molecule has 2 heteroatoms. The fraction of sp³-hybridized carbons (Fsp3) is 1.00. The van der Waals surface area contributed by atoms with E-state index in [4.69, 9.17) is 0 Å². The Morgan fingerprint density at radius 3 is 2.78 bits per heavy atom. The van der Waals surface area contributed by atoms with E-state index < -0.39 is 0 Å². The Bertz CT molecular complexity index is 85.0. The molecule has 0 spiro atoms. The summed E-state index contributed by atoms with van der Waals surface area (Å²) in [5.74, 6) is 0. The first kappa shape index (κ1) is 7.85. The van der Waals surface area contributed by atoms with E-state index in [0.29, 0.717) is 0 Å². The molecule has 1 saturated carbocycles. The van der Waals surface area contributed by atoms with Gasteiger partial charge in [0.25, 0.3) is 0 Å². The summed E-state index contributed by atoms with van der Waals surface area (Å²) in [7, 11) is 0. The van der Waals surface area contributed by atoms with Crippen LogP contribution in [0.3, 0.4) is 0 Å². The Kier molecular flexibility index (Phi) is 3.32. The third-order valence-electron chi connectivity index (χ3n) is 1.80. The third kappa shape index (κ3) is 2.11. The van der Waals surface area contributed by atoms with Crippen LogP contribution >= 0.6 is 0 Å². The standard InChI is InChI=1S/C7H14OTe/c1-2-9-7-5-3-4-6(7)8/h6-8H,2-5H2,1H3. The van der Waals surface area contributed by atoms with Crippen molar-refractivity contribution in [2.24, 2.45) is 0 Å². The van der Waals surface area contributed by atoms with Crippen molar-refractivity contribution in [3.8, 4) is 0 Å². The number of aliphatic hydroxyl groups is 1. The van der Waals surface area contributed by atoms with Gasteiger partial charge in [0.15, 0.2) is 0 Å². The zero-order valence-corrected chi connectivity index (χ0v) is 8.17. The van der Waals surface area contributed by atoms with E-state index in [-0.39, 0.29) is 27.0 Å². The Balaban J connectivity index is 2.22. The second kappa shape index (κ2) is 3.81. The molecule has 9 heavy (non-hydrogen) atoms. The molecule has 2 atom stereocenters. The summed E-state index contributed by atoms with van der Waals surface area (Å²) in [4.78, 5) is 0. The molecule has 1 aliphatic rings. The molecule has 1 nitrogen and oxygen atoms in total. The molecule has 2 unspecified atom stereocenters. The number of hydrogen-bond donors (Lipinski definition) is 1. The molecular formula is C7H14OTe. The molecule has 1 aliphatic carbocycles. The van der Waals surface area contributed by atoms with Gasteiger partial charge < -0.3 is 0 Å². The van der Waals surface area contributed by atoms with Crippen LogP contribution in [0.1, 0.15) is 26.2 Å². The Labute approximate surface area is 66.9 Å². The van der Waals surface area contributed by atoms with Crippen LogP contribution < -0.4 is 0 Å². The van der Waals surface area contributed by atoms with Gasteiger partial charge in [0.2, 0.25) is 0 Å². The first-order valence-corrected chi connectivity index (χ1v) is 6.63. The van der Waals surface area contributed by atoms with E-state index in [1.165, 1.54) is 17.3 Å². The zero-order valence-electron chi connectivity index (χ0n) is 5.84. The van der Waals surface area contributed by atoms with Gasteiger partial charge in [-0.3, -0.25) is 0 Å². The monoisotopic (exact) mass is 244 g/mol. The fourth-order valence-corrected chi connectivity index (χ4v) is 4.51. The SMILES string of the molecule is CC[Te]C1CCCC1O. The summed E-state index contributed by atoms with van der Waals surface area (Å²) in [5, 5.41) is 9.35. The molecule has 54 valence electrons. The Morgan fingerprint density at radius 1 is 1.56 bits per heavy atom. The van der Waals surface area contributed by atoms with Crippen molar-refractivity contribution in [3.05, 3.63) is 0 Å². The topological polar surface area (TPSA) is 20.2 Å². The van der Waals surface area contributed by atoms with E-state index in [2.05, 4.69) is 6.92 Å². The predicted molar refractivity (Wildman–Crippen MR) is 39.8 cm³/mol. The van der Waals surface area contributed by atoms with E-state index >= 15 is 0 Å². The van der Waals surface area contributed by atoms with E-state index in [0.717, 1.165) is 10.4 Å². The van der Waals surface area contributed by atoms with Crippen molar-refractivity contribution in [2.75, 3.05) is 0 Å². The van der Waals surface area contributed by atoms with Crippen molar-refractivity contribution >= 4 is 20.9 Å².